The predicted molar refractivity (Wildman–Crippen MR) is 153 cm³/mol. The maximum Gasteiger partial charge on any atom is 0.352 e. The molecule has 2 atom stereocenters. The number of aliphatic carboxylic acids is 2. The number of fused-ring (bicyclic) bond motifs is 1. The van der Waals surface area contributed by atoms with Crippen molar-refractivity contribution >= 4 is 81.3 Å². The minimum atomic E-state index is -1.77. The van der Waals surface area contributed by atoms with Crippen LogP contribution in [-0.2, 0) is 24.0 Å². The molecule has 0 saturated carbocycles. The summed E-state index contributed by atoms with van der Waals surface area (Å²) in [5.74, 6) is -3.05. The van der Waals surface area contributed by atoms with Crippen molar-refractivity contribution in [2.24, 2.45) is 5.16 Å². The Labute approximate surface area is 250 Å². The number of hydrogen-bond donors (Lipinski definition) is 6. The first-order chi connectivity index (χ1) is 19.7. The van der Waals surface area contributed by atoms with Crippen LogP contribution in [0.3, 0.4) is 0 Å². The molecule has 2 aromatic heterocycles. The van der Waals surface area contributed by atoms with Crippen molar-refractivity contribution < 1.29 is 38.8 Å². The molecule has 9 N–H and O–H groups in total. The zero-order chi connectivity index (χ0) is 30.9. The van der Waals surface area contributed by atoms with Crippen LogP contribution in [-0.4, -0.2) is 81.4 Å². The monoisotopic (exact) mass is 639 g/mol. The van der Waals surface area contributed by atoms with E-state index in [0.717, 1.165) is 23.3 Å². The summed E-state index contributed by atoms with van der Waals surface area (Å²) in [6.45, 7) is 4.07. The van der Waals surface area contributed by atoms with Crippen molar-refractivity contribution in [1.29, 1.82) is 0 Å². The second-order valence-electron chi connectivity index (χ2n) is 9.49. The molecule has 224 valence electrons. The molecule has 20 heteroatoms. The predicted octanol–water partition coefficient (Wildman–Crippen LogP) is -0.378. The number of rotatable bonds is 11. The van der Waals surface area contributed by atoms with Crippen LogP contribution in [0.15, 0.2) is 27.6 Å². The van der Waals surface area contributed by atoms with Gasteiger partial charge in [-0.25, -0.2) is 14.2 Å². The molecule has 4 rings (SSSR count). The Bertz CT molecular complexity index is 1530. The van der Waals surface area contributed by atoms with Crippen LogP contribution in [0, 0.1) is 0 Å². The van der Waals surface area contributed by atoms with Crippen molar-refractivity contribution in [2.75, 3.05) is 28.7 Å². The number of carboxylic acids is 2. The van der Waals surface area contributed by atoms with Gasteiger partial charge in [0.05, 0.1) is 17.9 Å². The third-order valence-electron chi connectivity index (χ3n) is 5.99. The highest BCUT2D eigenvalue weighted by Gasteiger charge is 2.45. The normalized spacial score (nSPS) is 17.8. The summed E-state index contributed by atoms with van der Waals surface area (Å²) in [7, 11) is 0. The second-order valence-corrected chi connectivity index (χ2v) is 12.4. The van der Waals surface area contributed by atoms with Gasteiger partial charge in [0.25, 0.3) is 5.91 Å². The number of aromatic nitrogens is 4. The fourth-order valence-corrected chi connectivity index (χ4v) is 6.74. The molecule has 2 aromatic rings. The first-order valence-corrected chi connectivity index (χ1v) is 14.9. The van der Waals surface area contributed by atoms with Gasteiger partial charge < -0.3 is 37.6 Å². The Morgan fingerprint density at radius 2 is 2.02 bits per heavy atom. The number of amides is 2. The largest absolute Gasteiger partial charge is 0.478 e. The Morgan fingerprint density at radius 3 is 2.62 bits per heavy atom. The molecule has 0 spiro atoms. The van der Waals surface area contributed by atoms with Crippen molar-refractivity contribution in [3.63, 3.8) is 0 Å². The topological polar surface area (TPSA) is 266 Å². The lowest BCUT2D eigenvalue weighted by Gasteiger charge is -2.43. The highest BCUT2D eigenvalue weighted by atomic mass is 32.2. The van der Waals surface area contributed by atoms with Crippen LogP contribution in [0.4, 0.5) is 16.8 Å². The lowest BCUT2D eigenvalue weighted by molar-refractivity contribution is -0.747. The first-order valence-electron chi connectivity index (χ1n) is 12.1. The number of nitrogens with two attached hydrogens (primary N) is 3. The van der Waals surface area contributed by atoms with Crippen LogP contribution >= 0.6 is 35.1 Å². The van der Waals surface area contributed by atoms with Gasteiger partial charge in [-0.05, 0) is 38.1 Å². The first kappa shape index (κ1) is 30.8. The van der Waals surface area contributed by atoms with Gasteiger partial charge in [-0.15, -0.1) is 11.8 Å². The molecule has 0 bridgehead atoms. The number of nitrogen functional groups attached to an aromatic ring is 3. The van der Waals surface area contributed by atoms with Crippen molar-refractivity contribution in [1.82, 2.24) is 24.6 Å². The summed E-state index contributed by atoms with van der Waals surface area (Å²) in [6.07, 6.45) is -0.601. The molecule has 0 aromatic carbocycles. The van der Waals surface area contributed by atoms with Crippen LogP contribution in [0.2, 0.25) is 0 Å². The van der Waals surface area contributed by atoms with E-state index in [0.29, 0.717) is 17.7 Å². The van der Waals surface area contributed by atoms with Gasteiger partial charge in [0, 0.05) is 23.0 Å². The highest BCUT2D eigenvalue weighted by molar-refractivity contribution is 8.00. The van der Waals surface area contributed by atoms with E-state index in [1.54, 1.807) is 6.92 Å². The number of carbonyl (C=O) groups is 4. The van der Waals surface area contributed by atoms with Gasteiger partial charge in [-0.1, -0.05) is 10.1 Å². The van der Waals surface area contributed by atoms with E-state index in [1.807, 2.05) is 0 Å². The van der Waals surface area contributed by atoms with Crippen LogP contribution in [0.1, 0.15) is 39.2 Å². The molecule has 2 amide bonds. The molecule has 2 aliphatic rings. The fraction of sp³-hybridized carbons (Fsp3) is 0.409. The number of hydrogen-bond acceptors (Lipinski definition) is 15. The van der Waals surface area contributed by atoms with E-state index in [-0.39, 0.29) is 50.5 Å². The minimum absolute atomic E-state index is 0.0400. The van der Waals surface area contributed by atoms with E-state index < -0.39 is 35.3 Å². The van der Waals surface area contributed by atoms with E-state index in [9.17, 15) is 29.4 Å². The molecule has 4 heterocycles. The fourth-order valence-electron chi connectivity index (χ4n) is 3.80. The van der Waals surface area contributed by atoms with Crippen molar-refractivity contribution in [2.45, 2.75) is 49.5 Å². The van der Waals surface area contributed by atoms with Gasteiger partial charge in [0.15, 0.2) is 11.3 Å². The number of oxime groups is 1. The number of carboxylic acid groups (broad SMARTS) is 2. The minimum Gasteiger partial charge on any atom is -0.478 e. The Kier molecular flexibility index (Phi) is 8.78. The molecule has 17 nitrogen and oxygen atoms in total. The molecule has 0 radical (unpaired) electrons. The summed E-state index contributed by atoms with van der Waals surface area (Å²) in [4.78, 5) is 63.6. The standard InChI is InChI=1S/C22H26N10O7S3/c1-8(26-17(34)14(16-28-20(25)42-30-16)29-39-22(2,3)19(37)38)31-11(24)4-10(23)27-21(31)41-7-9-6-40-13-5-12(33)32(13)15(9)18(35)36/h4,8,13H,5-7H2,1-3H3,(H8,23,24,25,26,28,30,34,35,36,37,38)/p+1/b29-14-. The lowest BCUT2D eigenvalue weighted by Crippen LogP contribution is -2.54. The van der Waals surface area contributed by atoms with E-state index in [1.165, 1.54) is 41.1 Å². The van der Waals surface area contributed by atoms with Gasteiger partial charge in [0.1, 0.15) is 5.70 Å². The average molecular weight is 640 g/mol. The number of nitrogens with one attached hydrogen (secondary N) is 1. The Balaban J connectivity index is 1.60. The molecule has 1 saturated heterocycles. The highest BCUT2D eigenvalue weighted by Crippen LogP contribution is 2.41. The quantitative estimate of drug-likeness (QED) is 0.0457. The number of anilines is 3. The molecular weight excluding hydrogens is 613 g/mol. The summed E-state index contributed by atoms with van der Waals surface area (Å²) >= 11 is 3.39. The number of β-lactam (4-membered cyclic amide) rings is 1. The third-order valence-corrected chi connectivity index (χ3v) is 8.85. The molecular formula is C22H27N10O7S3+. The van der Waals surface area contributed by atoms with Gasteiger partial charge in [-0.3, -0.25) is 14.5 Å². The number of carbonyl (C=O) groups excluding carboxylic acids is 2. The number of thioether (sulfide) groups is 2. The maximum absolute atomic E-state index is 13.3. The Hall–Kier alpha value is -4.17. The lowest BCUT2D eigenvalue weighted by atomic mass is 10.1. The van der Waals surface area contributed by atoms with Crippen molar-refractivity contribution in [3.8, 4) is 0 Å². The van der Waals surface area contributed by atoms with E-state index in [4.69, 9.17) is 22.0 Å². The van der Waals surface area contributed by atoms with Crippen LogP contribution < -0.4 is 27.1 Å². The third kappa shape index (κ3) is 6.34. The second kappa shape index (κ2) is 12.0. The summed E-state index contributed by atoms with van der Waals surface area (Å²) in [5.41, 5.74) is 16.1. The molecule has 2 aliphatic heterocycles. The van der Waals surface area contributed by atoms with Crippen LogP contribution in [0.5, 0.6) is 0 Å². The van der Waals surface area contributed by atoms with Crippen LogP contribution in [0.25, 0.3) is 0 Å². The average Bonchev–Trinajstić information content (AvgIpc) is 3.31. The molecule has 42 heavy (non-hydrogen) atoms. The SMILES string of the molecule is CC(NC(=O)/C(=N\OC(C)(C)C(=O)O)c1nsc(N)n1)[n+]1c(N)cc(N)nc1SCC1=C(C(=O)O)N2C(=O)CC2SC1. The summed E-state index contributed by atoms with van der Waals surface area (Å²) < 4.78 is 5.43. The molecule has 2 unspecified atom stereocenters. The van der Waals surface area contributed by atoms with Gasteiger partial charge in [0.2, 0.25) is 34.7 Å². The van der Waals surface area contributed by atoms with E-state index in [2.05, 4.69) is 24.8 Å². The number of nitrogens with zero attached hydrogens (tertiary/aromatic N) is 6. The van der Waals surface area contributed by atoms with Gasteiger partial charge >= 0.3 is 17.1 Å². The summed E-state index contributed by atoms with van der Waals surface area (Å²) in [5, 5.41) is 25.6. The van der Waals surface area contributed by atoms with E-state index >= 15 is 0 Å². The maximum atomic E-state index is 13.3. The zero-order valence-corrected chi connectivity index (χ0v) is 24.9. The Morgan fingerprint density at radius 1 is 1.31 bits per heavy atom. The van der Waals surface area contributed by atoms with Gasteiger partial charge in [-0.2, -0.15) is 9.36 Å². The zero-order valence-electron chi connectivity index (χ0n) is 22.4. The van der Waals surface area contributed by atoms with Crippen molar-refractivity contribution in [3.05, 3.63) is 23.2 Å². The summed E-state index contributed by atoms with van der Waals surface area (Å²) in [6, 6.07) is 1.38. The molecule has 1 fully saturated rings. The smallest absolute Gasteiger partial charge is 0.352 e. The molecule has 0 aliphatic carbocycles.